The van der Waals surface area contributed by atoms with Crippen molar-refractivity contribution in [2.24, 2.45) is 0 Å². The van der Waals surface area contributed by atoms with Crippen LogP contribution in [0.5, 0.6) is 0 Å². The Bertz CT molecular complexity index is 514. The van der Waals surface area contributed by atoms with E-state index in [1.165, 1.54) is 5.69 Å². The third kappa shape index (κ3) is 2.66. The molecule has 0 aromatic heterocycles. The molecule has 20 heavy (non-hydrogen) atoms. The number of fused-ring (bicyclic) bond motifs is 1. The molecule has 1 aromatic rings. The minimum absolute atomic E-state index is 0.315. The van der Waals surface area contributed by atoms with Crippen LogP contribution in [0.15, 0.2) is 18.2 Å². The highest BCUT2D eigenvalue weighted by Gasteiger charge is 2.26. The molecule has 3 rings (SSSR count). The molecule has 2 aliphatic rings. The molecule has 2 unspecified atom stereocenters. The van der Waals surface area contributed by atoms with Gasteiger partial charge in [-0.2, -0.15) is 0 Å². The Morgan fingerprint density at radius 1 is 1.45 bits per heavy atom. The summed E-state index contributed by atoms with van der Waals surface area (Å²) < 4.78 is 5.91. The zero-order chi connectivity index (χ0) is 14.1. The van der Waals surface area contributed by atoms with E-state index in [2.05, 4.69) is 11.8 Å². The second kappa shape index (κ2) is 5.44. The summed E-state index contributed by atoms with van der Waals surface area (Å²) in [6.07, 6.45) is 5.00. The van der Waals surface area contributed by atoms with E-state index in [0.29, 0.717) is 17.8 Å². The Morgan fingerprint density at radius 2 is 2.30 bits per heavy atom. The van der Waals surface area contributed by atoms with Gasteiger partial charge in [-0.05, 0) is 56.4 Å². The monoisotopic (exact) mass is 275 g/mol. The van der Waals surface area contributed by atoms with Crippen molar-refractivity contribution >= 4 is 11.7 Å². The minimum Gasteiger partial charge on any atom is -0.478 e. The fourth-order valence-corrected chi connectivity index (χ4v) is 3.26. The highest BCUT2D eigenvalue weighted by molar-refractivity contribution is 5.88. The summed E-state index contributed by atoms with van der Waals surface area (Å²) in [6.45, 7) is 4.08. The lowest BCUT2D eigenvalue weighted by Crippen LogP contribution is -2.36. The van der Waals surface area contributed by atoms with E-state index in [-0.39, 0.29) is 0 Å². The molecule has 0 aliphatic carbocycles. The molecule has 2 heterocycles. The van der Waals surface area contributed by atoms with E-state index in [9.17, 15) is 4.79 Å². The normalized spacial score (nSPS) is 25.6. The zero-order valence-corrected chi connectivity index (χ0v) is 11.8. The van der Waals surface area contributed by atoms with Gasteiger partial charge in [-0.15, -0.1) is 0 Å². The Hall–Kier alpha value is -1.55. The second-order valence-electron chi connectivity index (χ2n) is 5.84. The first-order valence-corrected chi connectivity index (χ1v) is 7.40. The van der Waals surface area contributed by atoms with Gasteiger partial charge in [0.1, 0.15) is 0 Å². The molecule has 2 aliphatic heterocycles. The van der Waals surface area contributed by atoms with E-state index in [0.717, 1.165) is 44.3 Å². The number of rotatable bonds is 3. The molecule has 1 aromatic carbocycles. The first-order chi connectivity index (χ1) is 9.63. The van der Waals surface area contributed by atoms with Gasteiger partial charge in [0.2, 0.25) is 0 Å². The quantitative estimate of drug-likeness (QED) is 0.921. The molecule has 0 bridgehead atoms. The average Bonchev–Trinajstić information content (AvgIpc) is 2.84. The number of carboxylic acid groups (broad SMARTS) is 1. The van der Waals surface area contributed by atoms with Gasteiger partial charge in [0, 0.05) is 18.8 Å². The molecule has 1 saturated heterocycles. The molecule has 2 atom stereocenters. The smallest absolute Gasteiger partial charge is 0.335 e. The van der Waals surface area contributed by atoms with E-state index in [1.54, 1.807) is 6.07 Å². The van der Waals surface area contributed by atoms with E-state index >= 15 is 0 Å². The van der Waals surface area contributed by atoms with Crippen molar-refractivity contribution in [1.29, 1.82) is 0 Å². The number of carboxylic acids is 1. The maximum Gasteiger partial charge on any atom is 0.335 e. The fraction of sp³-hybridized carbons (Fsp3) is 0.562. The standard InChI is InChI=1S/C16H21NO3/c1-11-4-6-14(20-11)10-17-8-2-3-12-9-13(16(18)19)5-7-15(12)17/h5,7,9,11,14H,2-4,6,8,10H2,1H3,(H,18,19). The Labute approximate surface area is 119 Å². The molecule has 108 valence electrons. The number of benzene rings is 1. The Balaban J connectivity index is 1.77. The molecule has 1 N–H and O–H groups in total. The van der Waals surface area contributed by atoms with Gasteiger partial charge in [0.05, 0.1) is 17.8 Å². The SMILES string of the molecule is CC1CCC(CN2CCCc3cc(C(=O)O)ccc32)O1. The van der Waals surface area contributed by atoms with E-state index < -0.39 is 5.97 Å². The first kappa shape index (κ1) is 13.4. The van der Waals surface area contributed by atoms with Crippen molar-refractivity contribution in [3.8, 4) is 0 Å². The lowest BCUT2D eigenvalue weighted by Gasteiger charge is -2.33. The van der Waals surface area contributed by atoms with Crippen LogP contribution >= 0.6 is 0 Å². The molecule has 0 spiro atoms. The molecular formula is C16H21NO3. The van der Waals surface area contributed by atoms with Crippen LogP contribution in [0, 0.1) is 0 Å². The Morgan fingerprint density at radius 3 is 3.00 bits per heavy atom. The van der Waals surface area contributed by atoms with Crippen molar-refractivity contribution in [3.63, 3.8) is 0 Å². The number of nitrogens with zero attached hydrogens (tertiary/aromatic N) is 1. The molecule has 0 radical (unpaired) electrons. The fourth-order valence-electron chi connectivity index (χ4n) is 3.26. The molecule has 0 amide bonds. The maximum atomic E-state index is 11.0. The summed E-state index contributed by atoms with van der Waals surface area (Å²) in [6, 6.07) is 5.48. The number of aromatic carboxylic acids is 1. The molecular weight excluding hydrogens is 254 g/mol. The minimum atomic E-state index is -0.849. The maximum absolute atomic E-state index is 11.0. The van der Waals surface area contributed by atoms with Crippen LogP contribution in [0.3, 0.4) is 0 Å². The lowest BCUT2D eigenvalue weighted by atomic mass is 9.98. The number of anilines is 1. The summed E-state index contributed by atoms with van der Waals surface area (Å²) in [5, 5.41) is 9.08. The van der Waals surface area contributed by atoms with Crippen molar-refractivity contribution in [3.05, 3.63) is 29.3 Å². The van der Waals surface area contributed by atoms with Crippen molar-refractivity contribution < 1.29 is 14.6 Å². The topological polar surface area (TPSA) is 49.8 Å². The van der Waals surface area contributed by atoms with Crippen LogP contribution in [0.1, 0.15) is 42.1 Å². The second-order valence-corrected chi connectivity index (χ2v) is 5.84. The third-order valence-corrected chi connectivity index (χ3v) is 4.29. The first-order valence-electron chi connectivity index (χ1n) is 7.40. The predicted octanol–water partition coefficient (Wildman–Crippen LogP) is 2.70. The van der Waals surface area contributed by atoms with Gasteiger partial charge in [-0.1, -0.05) is 0 Å². The highest BCUT2D eigenvalue weighted by Crippen LogP contribution is 2.30. The van der Waals surface area contributed by atoms with Crippen LogP contribution in [0.2, 0.25) is 0 Å². The van der Waals surface area contributed by atoms with Crippen molar-refractivity contribution in [2.45, 2.75) is 44.8 Å². The number of ether oxygens (including phenoxy) is 1. The summed E-state index contributed by atoms with van der Waals surface area (Å²) >= 11 is 0. The highest BCUT2D eigenvalue weighted by atomic mass is 16.5. The van der Waals surface area contributed by atoms with Gasteiger partial charge in [-0.25, -0.2) is 4.79 Å². The molecule has 4 heteroatoms. The lowest BCUT2D eigenvalue weighted by molar-refractivity contribution is 0.0598. The summed E-state index contributed by atoms with van der Waals surface area (Å²) in [5.41, 5.74) is 2.72. The van der Waals surface area contributed by atoms with Crippen LogP contribution in [-0.2, 0) is 11.2 Å². The van der Waals surface area contributed by atoms with Crippen molar-refractivity contribution in [1.82, 2.24) is 0 Å². The van der Waals surface area contributed by atoms with Crippen molar-refractivity contribution in [2.75, 3.05) is 18.0 Å². The molecule has 4 nitrogen and oxygen atoms in total. The van der Waals surface area contributed by atoms with Gasteiger partial charge >= 0.3 is 5.97 Å². The largest absolute Gasteiger partial charge is 0.478 e. The third-order valence-electron chi connectivity index (χ3n) is 4.29. The number of hydrogen-bond acceptors (Lipinski definition) is 3. The van der Waals surface area contributed by atoms with E-state index in [4.69, 9.17) is 9.84 Å². The zero-order valence-electron chi connectivity index (χ0n) is 11.8. The van der Waals surface area contributed by atoms with Crippen LogP contribution in [0.25, 0.3) is 0 Å². The van der Waals surface area contributed by atoms with Gasteiger partial charge < -0.3 is 14.7 Å². The van der Waals surface area contributed by atoms with Gasteiger partial charge in [0.15, 0.2) is 0 Å². The molecule has 1 fully saturated rings. The average molecular weight is 275 g/mol. The predicted molar refractivity (Wildman–Crippen MR) is 77.5 cm³/mol. The summed E-state index contributed by atoms with van der Waals surface area (Å²) in [7, 11) is 0. The summed E-state index contributed by atoms with van der Waals surface area (Å²) in [5.74, 6) is -0.849. The van der Waals surface area contributed by atoms with Crippen LogP contribution in [-0.4, -0.2) is 36.4 Å². The van der Waals surface area contributed by atoms with Gasteiger partial charge in [-0.3, -0.25) is 0 Å². The number of carbonyl (C=O) groups is 1. The Kier molecular flexibility index (Phi) is 3.66. The number of hydrogen-bond donors (Lipinski definition) is 1. The van der Waals surface area contributed by atoms with E-state index in [1.807, 2.05) is 12.1 Å². The number of aryl methyl sites for hydroxylation is 1. The summed E-state index contributed by atoms with van der Waals surface area (Å²) in [4.78, 5) is 13.4. The van der Waals surface area contributed by atoms with Gasteiger partial charge in [0.25, 0.3) is 0 Å². The van der Waals surface area contributed by atoms with Crippen LogP contribution < -0.4 is 4.90 Å². The van der Waals surface area contributed by atoms with Crippen LogP contribution in [0.4, 0.5) is 5.69 Å². The molecule has 0 saturated carbocycles.